The van der Waals surface area contributed by atoms with Gasteiger partial charge in [-0.3, -0.25) is 4.79 Å². The highest BCUT2D eigenvalue weighted by atomic mass is 16.6. The first-order valence-corrected chi connectivity index (χ1v) is 8.64. The molecule has 5 heteroatoms. The van der Waals surface area contributed by atoms with Crippen molar-refractivity contribution >= 4 is 5.91 Å². The molecule has 0 spiro atoms. The zero-order chi connectivity index (χ0) is 17.1. The van der Waals surface area contributed by atoms with Gasteiger partial charge in [-0.15, -0.1) is 0 Å². The predicted molar refractivity (Wildman–Crippen MR) is 93.3 cm³/mol. The second-order valence-corrected chi connectivity index (χ2v) is 6.45. The molecule has 130 valence electrons. The molecule has 0 saturated heterocycles. The maximum absolute atomic E-state index is 12.2. The molecule has 0 aliphatic carbocycles. The second-order valence-electron chi connectivity index (χ2n) is 6.45. The van der Waals surface area contributed by atoms with Crippen molar-refractivity contribution in [1.82, 2.24) is 5.32 Å². The van der Waals surface area contributed by atoms with Crippen molar-refractivity contribution in [3.05, 3.63) is 53.6 Å². The van der Waals surface area contributed by atoms with Gasteiger partial charge in [-0.2, -0.15) is 0 Å². The number of benzene rings is 2. The van der Waals surface area contributed by atoms with Gasteiger partial charge in [0.05, 0.1) is 13.0 Å². The lowest BCUT2D eigenvalue weighted by molar-refractivity contribution is -0.120. The first-order valence-electron chi connectivity index (χ1n) is 8.64. The number of carbonyl (C=O) groups is 1. The van der Waals surface area contributed by atoms with Crippen LogP contribution in [0.1, 0.15) is 11.1 Å². The Balaban J connectivity index is 1.30. The third kappa shape index (κ3) is 3.71. The summed E-state index contributed by atoms with van der Waals surface area (Å²) in [6.45, 7) is 2.38. The summed E-state index contributed by atoms with van der Waals surface area (Å²) in [6, 6.07) is 13.7. The van der Waals surface area contributed by atoms with Crippen LogP contribution in [0.25, 0.3) is 0 Å². The standard InChI is InChI=1S/C20H21NO4/c22-20(11-14-5-6-18-19(10-14)24-8-7-23-18)21-12-15-9-16-3-1-2-4-17(16)25-13-15/h1-6,10,15H,7-9,11-13H2,(H,21,22)/t15-/m1/s1. The van der Waals surface area contributed by atoms with Crippen molar-refractivity contribution in [2.45, 2.75) is 12.8 Å². The normalized spacial score (nSPS) is 18.0. The number of rotatable bonds is 4. The maximum atomic E-state index is 12.2. The van der Waals surface area contributed by atoms with Crippen LogP contribution in [0.5, 0.6) is 17.2 Å². The summed E-state index contributed by atoms with van der Waals surface area (Å²) in [5.41, 5.74) is 2.13. The van der Waals surface area contributed by atoms with Gasteiger partial charge in [0.25, 0.3) is 0 Å². The Morgan fingerprint density at radius 1 is 1.00 bits per heavy atom. The number of nitrogens with one attached hydrogen (secondary N) is 1. The van der Waals surface area contributed by atoms with Crippen molar-refractivity contribution in [2.75, 3.05) is 26.4 Å². The van der Waals surface area contributed by atoms with E-state index in [0.717, 1.165) is 23.5 Å². The average Bonchev–Trinajstić information content (AvgIpc) is 2.66. The van der Waals surface area contributed by atoms with Crippen molar-refractivity contribution in [2.24, 2.45) is 5.92 Å². The molecule has 2 heterocycles. The summed E-state index contributed by atoms with van der Waals surface area (Å²) in [6.07, 6.45) is 1.27. The monoisotopic (exact) mass is 339 g/mol. The average molecular weight is 339 g/mol. The number of ether oxygens (including phenoxy) is 3. The van der Waals surface area contributed by atoms with Gasteiger partial charge < -0.3 is 19.5 Å². The Morgan fingerprint density at radius 2 is 1.84 bits per heavy atom. The minimum atomic E-state index is 0.00976. The molecule has 4 rings (SSSR count). The Morgan fingerprint density at radius 3 is 2.76 bits per heavy atom. The zero-order valence-corrected chi connectivity index (χ0v) is 14.0. The SMILES string of the molecule is O=C(Cc1ccc2c(c1)OCCO2)NC[C@@H]1COc2ccccc2C1. The predicted octanol–water partition coefficient (Wildman–Crippen LogP) is 2.37. The van der Waals surface area contributed by atoms with Crippen molar-refractivity contribution in [3.8, 4) is 17.2 Å². The molecule has 2 aromatic rings. The molecular weight excluding hydrogens is 318 g/mol. The lowest BCUT2D eigenvalue weighted by Crippen LogP contribution is -2.35. The lowest BCUT2D eigenvalue weighted by Gasteiger charge is -2.25. The molecule has 2 aliphatic rings. The molecule has 0 unspecified atom stereocenters. The Bertz CT molecular complexity index is 774. The highest BCUT2D eigenvalue weighted by molar-refractivity contribution is 5.78. The van der Waals surface area contributed by atoms with Crippen molar-refractivity contribution in [1.29, 1.82) is 0 Å². The number of amides is 1. The summed E-state index contributed by atoms with van der Waals surface area (Å²) >= 11 is 0. The molecule has 2 aromatic carbocycles. The van der Waals surface area contributed by atoms with Gasteiger partial charge in [0, 0.05) is 12.5 Å². The van der Waals surface area contributed by atoms with Crippen LogP contribution in [-0.2, 0) is 17.6 Å². The second kappa shape index (κ2) is 7.05. The molecule has 0 radical (unpaired) electrons. The van der Waals surface area contributed by atoms with Gasteiger partial charge in [-0.05, 0) is 35.7 Å². The van der Waals surface area contributed by atoms with E-state index in [0.29, 0.717) is 44.5 Å². The summed E-state index contributed by atoms with van der Waals surface area (Å²) in [7, 11) is 0. The smallest absolute Gasteiger partial charge is 0.224 e. The van der Waals surface area contributed by atoms with E-state index in [4.69, 9.17) is 14.2 Å². The van der Waals surface area contributed by atoms with E-state index < -0.39 is 0 Å². The number of hydrogen-bond donors (Lipinski definition) is 1. The third-order valence-corrected chi connectivity index (χ3v) is 4.51. The topological polar surface area (TPSA) is 56.8 Å². The van der Waals surface area contributed by atoms with E-state index in [1.54, 1.807) is 0 Å². The van der Waals surface area contributed by atoms with E-state index in [9.17, 15) is 4.79 Å². The molecule has 0 fully saturated rings. The van der Waals surface area contributed by atoms with Gasteiger partial charge in [-0.25, -0.2) is 0 Å². The highest BCUT2D eigenvalue weighted by Crippen LogP contribution is 2.31. The molecule has 0 bridgehead atoms. The molecule has 1 N–H and O–H groups in total. The maximum Gasteiger partial charge on any atom is 0.224 e. The fourth-order valence-electron chi connectivity index (χ4n) is 3.23. The first kappa shape index (κ1) is 15.8. The lowest BCUT2D eigenvalue weighted by atomic mass is 9.96. The number of carbonyl (C=O) groups excluding carboxylic acids is 1. The minimum Gasteiger partial charge on any atom is -0.493 e. The molecule has 0 aromatic heterocycles. The first-order chi connectivity index (χ1) is 12.3. The van der Waals surface area contributed by atoms with Crippen LogP contribution in [-0.4, -0.2) is 32.3 Å². The molecular formula is C20H21NO4. The van der Waals surface area contributed by atoms with E-state index in [1.165, 1.54) is 5.56 Å². The van der Waals surface area contributed by atoms with Crippen LogP contribution in [0, 0.1) is 5.92 Å². The van der Waals surface area contributed by atoms with E-state index in [2.05, 4.69) is 11.4 Å². The quantitative estimate of drug-likeness (QED) is 0.929. The summed E-state index contributed by atoms with van der Waals surface area (Å²) < 4.78 is 16.8. The molecule has 2 aliphatic heterocycles. The van der Waals surface area contributed by atoms with Gasteiger partial charge in [0.1, 0.15) is 19.0 Å². The van der Waals surface area contributed by atoms with Crippen LogP contribution < -0.4 is 19.5 Å². The van der Waals surface area contributed by atoms with Gasteiger partial charge in [-0.1, -0.05) is 24.3 Å². The van der Waals surface area contributed by atoms with Crippen LogP contribution in [0.3, 0.4) is 0 Å². The summed E-state index contributed by atoms with van der Waals surface area (Å²) in [5, 5.41) is 3.02. The molecule has 1 atom stereocenters. The fourth-order valence-corrected chi connectivity index (χ4v) is 3.23. The van der Waals surface area contributed by atoms with E-state index >= 15 is 0 Å². The van der Waals surface area contributed by atoms with Crippen LogP contribution >= 0.6 is 0 Å². The third-order valence-electron chi connectivity index (χ3n) is 4.51. The largest absolute Gasteiger partial charge is 0.493 e. The fraction of sp³-hybridized carbons (Fsp3) is 0.350. The number of hydrogen-bond acceptors (Lipinski definition) is 4. The molecule has 0 saturated carbocycles. The van der Waals surface area contributed by atoms with Gasteiger partial charge >= 0.3 is 0 Å². The molecule has 1 amide bonds. The van der Waals surface area contributed by atoms with E-state index in [1.807, 2.05) is 36.4 Å². The Kier molecular flexibility index (Phi) is 4.46. The van der Waals surface area contributed by atoms with Crippen molar-refractivity contribution < 1.29 is 19.0 Å². The molecule has 25 heavy (non-hydrogen) atoms. The van der Waals surface area contributed by atoms with Crippen molar-refractivity contribution in [3.63, 3.8) is 0 Å². The highest BCUT2D eigenvalue weighted by Gasteiger charge is 2.20. The van der Waals surface area contributed by atoms with Crippen LogP contribution in [0.15, 0.2) is 42.5 Å². The summed E-state index contributed by atoms with van der Waals surface area (Å²) in [5.74, 6) is 2.73. The van der Waals surface area contributed by atoms with Crippen LogP contribution in [0.2, 0.25) is 0 Å². The Hall–Kier alpha value is -2.69. The Labute approximate surface area is 146 Å². The molecule has 5 nitrogen and oxygen atoms in total. The minimum absolute atomic E-state index is 0.00976. The number of para-hydroxylation sites is 1. The zero-order valence-electron chi connectivity index (χ0n) is 14.0. The number of fused-ring (bicyclic) bond motifs is 2. The van der Waals surface area contributed by atoms with E-state index in [-0.39, 0.29) is 5.91 Å². The summed E-state index contributed by atoms with van der Waals surface area (Å²) in [4.78, 5) is 12.2. The van der Waals surface area contributed by atoms with Crippen LogP contribution in [0.4, 0.5) is 0 Å². The van der Waals surface area contributed by atoms with Gasteiger partial charge in [0.2, 0.25) is 5.91 Å². The van der Waals surface area contributed by atoms with Gasteiger partial charge in [0.15, 0.2) is 11.5 Å².